The van der Waals surface area contributed by atoms with Gasteiger partial charge in [0.25, 0.3) is 0 Å². The fourth-order valence-corrected chi connectivity index (χ4v) is 4.58. The highest BCUT2D eigenvalue weighted by Gasteiger charge is 2.39. The van der Waals surface area contributed by atoms with Crippen molar-refractivity contribution in [1.29, 1.82) is 0 Å². The van der Waals surface area contributed by atoms with E-state index in [-0.39, 0.29) is 11.6 Å². The molecule has 10 heteroatoms. The molecule has 0 aliphatic carbocycles. The Morgan fingerprint density at radius 1 is 1.16 bits per heavy atom. The molecule has 0 fully saturated rings. The molecule has 0 spiro atoms. The number of azide groups is 1. The number of nitrogens with zero attached hydrogens (tertiary/aromatic N) is 3. The van der Waals surface area contributed by atoms with Crippen LogP contribution in [0.3, 0.4) is 0 Å². The van der Waals surface area contributed by atoms with Gasteiger partial charge in [-0.25, -0.2) is 8.42 Å². The van der Waals surface area contributed by atoms with E-state index in [9.17, 15) is 8.42 Å². The largest absolute Gasteiger partial charge is 0.487 e. The minimum atomic E-state index is -3.54. The van der Waals surface area contributed by atoms with Gasteiger partial charge in [0.2, 0.25) is 10.0 Å². The molecule has 0 saturated carbocycles. The molecule has 2 aromatic rings. The minimum Gasteiger partial charge on any atom is -0.487 e. The lowest BCUT2D eigenvalue weighted by atomic mass is 10.1. The minimum absolute atomic E-state index is 0.0474. The van der Waals surface area contributed by atoms with Gasteiger partial charge < -0.3 is 9.16 Å². The number of ether oxygens (including phenoxy) is 1. The van der Waals surface area contributed by atoms with Gasteiger partial charge in [0, 0.05) is 4.91 Å². The van der Waals surface area contributed by atoms with E-state index in [1.165, 1.54) is 0 Å². The van der Waals surface area contributed by atoms with E-state index in [1.807, 2.05) is 36.4 Å². The molecular formula is C22H32N4O4SSi. The molecule has 0 aromatic heterocycles. The maximum Gasteiger partial charge on any atom is 0.229 e. The van der Waals surface area contributed by atoms with Crippen LogP contribution in [0, 0.1) is 0 Å². The van der Waals surface area contributed by atoms with Crippen molar-refractivity contribution in [3.05, 3.63) is 70.1 Å². The van der Waals surface area contributed by atoms with Crippen LogP contribution in [0.5, 0.6) is 5.75 Å². The van der Waals surface area contributed by atoms with Crippen LogP contribution in [0.15, 0.2) is 53.6 Å². The SMILES string of the molecule is CC(C)(C)[Si](C)(C)OC(CN=[N+]=[N-])c1ccc(OCc2ccccc2)c(NS(C)(=O)=O)c1. The molecule has 0 aliphatic rings. The Bertz CT molecular complexity index is 1060. The fraction of sp³-hybridized carbons (Fsp3) is 0.455. The van der Waals surface area contributed by atoms with Crippen molar-refractivity contribution in [3.8, 4) is 5.75 Å². The topological polar surface area (TPSA) is 113 Å². The third-order valence-electron chi connectivity index (χ3n) is 5.46. The Balaban J connectivity index is 2.41. The van der Waals surface area contributed by atoms with E-state index in [0.29, 0.717) is 23.6 Å². The first-order valence-corrected chi connectivity index (χ1v) is 15.1. The second-order valence-electron chi connectivity index (χ2n) is 9.18. The summed E-state index contributed by atoms with van der Waals surface area (Å²) in [5, 5.41) is 3.68. The summed E-state index contributed by atoms with van der Waals surface area (Å²) in [5.74, 6) is 0.401. The predicted octanol–water partition coefficient (Wildman–Crippen LogP) is 6.01. The van der Waals surface area contributed by atoms with E-state index >= 15 is 0 Å². The summed E-state index contributed by atoms with van der Waals surface area (Å²) in [6.07, 6.45) is 0.583. The molecule has 174 valence electrons. The lowest BCUT2D eigenvalue weighted by molar-refractivity contribution is 0.191. The maximum absolute atomic E-state index is 12.0. The Morgan fingerprint density at radius 3 is 2.38 bits per heavy atom. The van der Waals surface area contributed by atoms with Crippen molar-refractivity contribution in [3.63, 3.8) is 0 Å². The van der Waals surface area contributed by atoms with Crippen molar-refractivity contribution < 1.29 is 17.6 Å². The lowest BCUT2D eigenvalue weighted by Gasteiger charge is -2.39. The van der Waals surface area contributed by atoms with Gasteiger partial charge in [0.05, 0.1) is 24.6 Å². The molecule has 0 aliphatic heterocycles. The Kier molecular flexibility index (Phi) is 8.36. The van der Waals surface area contributed by atoms with E-state index in [4.69, 9.17) is 14.7 Å². The highest BCUT2D eigenvalue weighted by Crippen LogP contribution is 2.41. The maximum atomic E-state index is 12.0. The highest BCUT2D eigenvalue weighted by molar-refractivity contribution is 7.92. The Labute approximate surface area is 191 Å². The zero-order valence-corrected chi connectivity index (χ0v) is 21.3. The third-order valence-corrected chi connectivity index (χ3v) is 10.5. The summed E-state index contributed by atoms with van der Waals surface area (Å²) in [4.78, 5) is 2.88. The van der Waals surface area contributed by atoms with Gasteiger partial charge in [0.15, 0.2) is 8.32 Å². The number of benzene rings is 2. The lowest BCUT2D eigenvalue weighted by Crippen LogP contribution is -2.42. The average Bonchev–Trinajstić information content (AvgIpc) is 2.69. The van der Waals surface area contributed by atoms with E-state index < -0.39 is 24.4 Å². The molecule has 0 radical (unpaired) electrons. The molecule has 8 nitrogen and oxygen atoms in total. The summed E-state index contributed by atoms with van der Waals surface area (Å²) in [5.41, 5.74) is 10.8. The van der Waals surface area contributed by atoms with Crippen LogP contribution in [-0.2, 0) is 21.1 Å². The third kappa shape index (κ3) is 7.56. The Hall–Kier alpha value is -2.52. The summed E-state index contributed by atoms with van der Waals surface area (Å²) in [6.45, 7) is 11.0. The normalized spacial score (nSPS) is 13.2. The van der Waals surface area contributed by atoms with Gasteiger partial charge in [-0.15, -0.1) is 0 Å². The van der Waals surface area contributed by atoms with Crippen LogP contribution in [0.2, 0.25) is 18.1 Å². The van der Waals surface area contributed by atoms with Crippen LogP contribution >= 0.6 is 0 Å². The molecule has 0 amide bonds. The summed E-state index contributed by atoms with van der Waals surface area (Å²) in [7, 11) is -5.74. The van der Waals surface area contributed by atoms with Crippen molar-refractivity contribution in [1.82, 2.24) is 0 Å². The zero-order valence-electron chi connectivity index (χ0n) is 19.5. The molecule has 1 N–H and O–H groups in total. The summed E-state index contributed by atoms with van der Waals surface area (Å²) < 4.78 is 38.9. The van der Waals surface area contributed by atoms with Gasteiger partial charge >= 0.3 is 0 Å². The molecule has 1 atom stereocenters. The van der Waals surface area contributed by atoms with Crippen LogP contribution in [0.25, 0.3) is 10.4 Å². The van der Waals surface area contributed by atoms with Gasteiger partial charge in [-0.2, -0.15) is 0 Å². The average molecular weight is 477 g/mol. The monoisotopic (exact) mass is 476 g/mol. The first-order valence-electron chi connectivity index (χ1n) is 10.3. The van der Waals surface area contributed by atoms with Crippen LogP contribution in [-0.4, -0.2) is 29.5 Å². The number of sulfonamides is 1. The molecule has 1 unspecified atom stereocenters. The van der Waals surface area contributed by atoms with E-state index in [0.717, 1.165) is 11.8 Å². The standard InChI is InChI=1S/C22H32N4O4SSi/c1-22(2,3)32(5,6)30-21(15-24-26-23)18-12-13-20(19(14-18)25-31(4,27)28)29-16-17-10-8-7-9-11-17/h7-14,21,25H,15-16H2,1-6H3. The second kappa shape index (κ2) is 10.4. The predicted molar refractivity (Wildman–Crippen MR) is 131 cm³/mol. The van der Waals surface area contributed by atoms with E-state index in [2.05, 4.69) is 48.6 Å². The molecular weight excluding hydrogens is 444 g/mol. The van der Waals surface area contributed by atoms with Gasteiger partial charge in [-0.05, 0) is 46.9 Å². The fourth-order valence-electron chi connectivity index (χ4n) is 2.74. The molecule has 0 heterocycles. The van der Waals surface area contributed by atoms with Gasteiger partial charge in [-0.1, -0.05) is 62.3 Å². The van der Waals surface area contributed by atoms with Crippen LogP contribution < -0.4 is 9.46 Å². The molecule has 0 bridgehead atoms. The molecule has 32 heavy (non-hydrogen) atoms. The smallest absolute Gasteiger partial charge is 0.229 e. The van der Waals surface area contributed by atoms with Crippen LogP contribution in [0.4, 0.5) is 5.69 Å². The summed E-state index contributed by atoms with van der Waals surface area (Å²) >= 11 is 0. The first kappa shape index (κ1) is 25.7. The number of nitrogens with one attached hydrogen (secondary N) is 1. The number of rotatable bonds is 10. The highest BCUT2D eigenvalue weighted by atomic mass is 32.2. The van der Waals surface area contributed by atoms with Crippen molar-refractivity contribution in [2.75, 3.05) is 17.5 Å². The van der Waals surface area contributed by atoms with Crippen molar-refractivity contribution in [2.45, 2.75) is 51.6 Å². The molecule has 2 aromatic carbocycles. The van der Waals surface area contributed by atoms with Crippen molar-refractivity contribution >= 4 is 24.0 Å². The van der Waals surface area contributed by atoms with Gasteiger partial charge in [0.1, 0.15) is 12.4 Å². The quantitative estimate of drug-likeness (QED) is 0.196. The number of anilines is 1. The summed E-state index contributed by atoms with van der Waals surface area (Å²) in [6, 6.07) is 14.8. The number of hydrogen-bond acceptors (Lipinski definition) is 5. The van der Waals surface area contributed by atoms with Crippen LogP contribution in [0.1, 0.15) is 38.0 Å². The van der Waals surface area contributed by atoms with E-state index in [1.54, 1.807) is 12.1 Å². The number of hydrogen-bond donors (Lipinski definition) is 1. The molecule has 2 rings (SSSR count). The molecule has 0 saturated heterocycles. The first-order chi connectivity index (χ1) is 14.8. The zero-order chi connectivity index (χ0) is 24.0. The second-order valence-corrected chi connectivity index (χ2v) is 15.7. The van der Waals surface area contributed by atoms with Gasteiger partial charge in [-0.3, -0.25) is 4.72 Å². The Morgan fingerprint density at radius 2 is 1.81 bits per heavy atom. The van der Waals surface area contributed by atoms with Crippen molar-refractivity contribution in [2.24, 2.45) is 5.11 Å².